The molecule has 0 aromatic carbocycles. The van der Waals surface area contributed by atoms with Crippen molar-refractivity contribution in [1.29, 1.82) is 0 Å². The zero-order valence-corrected chi connectivity index (χ0v) is 16.1. The molecular formula is C17H33N3O3S. The second-order valence-corrected chi connectivity index (χ2v) is 10.1. The van der Waals surface area contributed by atoms with Gasteiger partial charge in [0.1, 0.15) is 0 Å². The molecular weight excluding hydrogens is 326 g/mol. The predicted octanol–water partition coefficient (Wildman–Crippen LogP) is 2.46. The molecule has 7 heteroatoms. The smallest absolute Gasteiger partial charge is 0.317 e. The topological polar surface area (TPSA) is 78.5 Å². The van der Waals surface area contributed by atoms with Gasteiger partial charge in [-0.3, -0.25) is 0 Å². The van der Waals surface area contributed by atoms with Crippen molar-refractivity contribution in [2.45, 2.75) is 77.3 Å². The summed E-state index contributed by atoms with van der Waals surface area (Å²) in [7, 11) is -3.22. The fourth-order valence-corrected chi connectivity index (χ4v) is 5.36. The largest absolute Gasteiger partial charge is 0.333 e. The molecule has 0 atom stereocenters. The highest BCUT2D eigenvalue weighted by molar-refractivity contribution is 7.89. The monoisotopic (exact) mass is 359 g/mol. The quantitative estimate of drug-likeness (QED) is 0.809. The van der Waals surface area contributed by atoms with Crippen molar-refractivity contribution in [3.05, 3.63) is 0 Å². The van der Waals surface area contributed by atoms with Gasteiger partial charge in [0.2, 0.25) is 10.0 Å². The van der Waals surface area contributed by atoms with E-state index in [1.807, 2.05) is 20.8 Å². The Bertz CT molecular complexity index is 514. The van der Waals surface area contributed by atoms with E-state index in [0.717, 1.165) is 25.7 Å². The van der Waals surface area contributed by atoms with E-state index < -0.39 is 10.0 Å². The maximum Gasteiger partial charge on any atom is 0.317 e. The molecule has 6 nitrogen and oxygen atoms in total. The molecule has 2 rings (SSSR count). The standard InChI is InChI=1S/C17H33N3O3S/c1-17(2,3)18-16(21)20-11-9-15(10-12-20)19-24(22,23)13-14-7-5-4-6-8-14/h14-15,19H,4-13H2,1-3H3,(H,18,21). The molecule has 2 aliphatic rings. The zero-order chi connectivity index (χ0) is 17.8. The van der Waals surface area contributed by atoms with Crippen LogP contribution in [0.4, 0.5) is 4.79 Å². The van der Waals surface area contributed by atoms with Crippen LogP contribution >= 0.6 is 0 Å². The van der Waals surface area contributed by atoms with Crippen LogP contribution in [0.25, 0.3) is 0 Å². The highest BCUT2D eigenvalue weighted by atomic mass is 32.2. The van der Waals surface area contributed by atoms with Gasteiger partial charge in [0, 0.05) is 24.7 Å². The molecule has 0 spiro atoms. The van der Waals surface area contributed by atoms with Gasteiger partial charge in [-0.05, 0) is 52.4 Å². The third kappa shape index (κ3) is 6.59. The van der Waals surface area contributed by atoms with Crippen LogP contribution in [0.3, 0.4) is 0 Å². The molecule has 0 radical (unpaired) electrons. The minimum Gasteiger partial charge on any atom is -0.333 e. The average Bonchev–Trinajstić information content (AvgIpc) is 2.46. The van der Waals surface area contributed by atoms with E-state index >= 15 is 0 Å². The summed E-state index contributed by atoms with van der Waals surface area (Å²) in [5, 5.41) is 2.95. The number of nitrogens with zero attached hydrogens (tertiary/aromatic N) is 1. The van der Waals surface area contributed by atoms with Gasteiger partial charge in [-0.1, -0.05) is 19.3 Å². The van der Waals surface area contributed by atoms with Gasteiger partial charge >= 0.3 is 6.03 Å². The maximum absolute atomic E-state index is 12.4. The molecule has 0 aromatic heterocycles. The first-order valence-electron chi connectivity index (χ1n) is 9.22. The highest BCUT2D eigenvalue weighted by Crippen LogP contribution is 2.25. The lowest BCUT2D eigenvalue weighted by Crippen LogP contribution is -2.53. The molecule has 2 fully saturated rings. The Labute approximate surface area is 146 Å². The summed E-state index contributed by atoms with van der Waals surface area (Å²) in [4.78, 5) is 13.9. The molecule has 0 unspecified atom stereocenters. The second-order valence-electron chi connectivity index (χ2n) is 8.34. The summed E-state index contributed by atoms with van der Waals surface area (Å²) >= 11 is 0. The SMILES string of the molecule is CC(C)(C)NC(=O)N1CCC(NS(=O)(=O)CC2CCCCC2)CC1. The lowest BCUT2D eigenvalue weighted by molar-refractivity contribution is 0.172. The molecule has 2 amide bonds. The summed E-state index contributed by atoms with van der Waals surface area (Å²) in [6.45, 7) is 7.06. The molecule has 24 heavy (non-hydrogen) atoms. The molecule has 1 aliphatic carbocycles. The Balaban J connectivity index is 1.76. The van der Waals surface area contributed by atoms with E-state index in [2.05, 4.69) is 10.0 Å². The first-order valence-corrected chi connectivity index (χ1v) is 10.9. The van der Waals surface area contributed by atoms with E-state index in [0.29, 0.717) is 31.8 Å². The van der Waals surface area contributed by atoms with Gasteiger partial charge in [-0.15, -0.1) is 0 Å². The molecule has 1 heterocycles. The number of piperidine rings is 1. The van der Waals surface area contributed by atoms with Crippen molar-refractivity contribution in [1.82, 2.24) is 14.9 Å². The molecule has 2 N–H and O–H groups in total. The Kier molecular flexibility index (Phi) is 6.53. The fraction of sp³-hybridized carbons (Fsp3) is 0.941. The lowest BCUT2D eigenvalue weighted by atomic mass is 9.91. The van der Waals surface area contributed by atoms with Crippen LogP contribution in [-0.2, 0) is 10.0 Å². The number of carbonyl (C=O) groups excluding carboxylic acids is 1. The lowest BCUT2D eigenvalue weighted by Gasteiger charge is -2.34. The van der Waals surface area contributed by atoms with Crippen LogP contribution in [-0.4, -0.2) is 49.8 Å². The highest BCUT2D eigenvalue weighted by Gasteiger charge is 2.29. The molecule has 0 aromatic rings. The van der Waals surface area contributed by atoms with Crippen LogP contribution in [0.15, 0.2) is 0 Å². The number of nitrogens with one attached hydrogen (secondary N) is 2. The van der Waals surface area contributed by atoms with Crippen LogP contribution in [0.2, 0.25) is 0 Å². The minimum absolute atomic E-state index is 0.0442. The third-order valence-corrected chi connectivity index (χ3v) is 6.39. The number of hydrogen-bond donors (Lipinski definition) is 2. The molecule has 1 saturated carbocycles. The molecule has 1 saturated heterocycles. The maximum atomic E-state index is 12.4. The van der Waals surface area contributed by atoms with Crippen LogP contribution in [0, 0.1) is 5.92 Å². The Morgan fingerprint density at radius 1 is 1.04 bits per heavy atom. The number of likely N-dealkylation sites (tertiary alicyclic amines) is 1. The van der Waals surface area contributed by atoms with Crippen LogP contribution < -0.4 is 10.0 Å². The number of hydrogen-bond acceptors (Lipinski definition) is 3. The second kappa shape index (κ2) is 8.04. The van der Waals surface area contributed by atoms with E-state index in [-0.39, 0.29) is 23.4 Å². The van der Waals surface area contributed by atoms with Crippen molar-refractivity contribution in [2.75, 3.05) is 18.8 Å². The van der Waals surface area contributed by atoms with E-state index in [4.69, 9.17) is 0 Å². The molecule has 140 valence electrons. The van der Waals surface area contributed by atoms with Gasteiger partial charge in [-0.2, -0.15) is 0 Å². The molecule has 1 aliphatic heterocycles. The number of sulfonamides is 1. The van der Waals surface area contributed by atoms with E-state index in [9.17, 15) is 13.2 Å². The first kappa shape index (κ1) is 19.5. The summed E-state index contributed by atoms with van der Waals surface area (Å²) < 4.78 is 27.6. The van der Waals surface area contributed by atoms with Crippen molar-refractivity contribution >= 4 is 16.1 Å². The molecule has 0 bridgehead atoms. The number of urea groups is 1. The minimum atomic E-state index is -3.22. The number of amides is 2. The van der Waals surface area contributed by atoms with Gasteiger partial charge in [0.15, 0.2) is 0 Å². The summed E-state index contributed by atoms with van der Waals surface area (Å²) in [6.07, 6.45) is 6.98. The van der Waals surface area contributed by atoms with Crippen molar-refractivity contribution in [3.63, 3.8) is 0 Å². The summed E-state index contributed by atoms with van der Waals surface area (Å²) in [5.41, 5.74) is -0.254. The summed E-state index contributed by atoms with van der Waals surface area (Å²) in [6, 6.07) is -0.108. The first-order chi connectivity index (χ1) is 11.1. The van der Waals surface area contributed by atoms with Crippen LogP contribution in [0.5, 0.6) is 0 Å². The van der Waals surface area contributed by atoms with Crippen molar-refractivity contribution in [2.24, 2.45) is 5.92 Å². The number of rotatable bonds is 4. The van der Waals surface area contributed by atoms with Gasteiger partial charge in [0.25, 0.3) is 0 Å². The van der Waals surface area contributed by atoms with Gasteiger partial charge < -0.3 is 10.2 Å². The van der Waals surface area contributed by atoms with E-state index in [1.54, 1.807) is 4.90 Å². The zero-order valence-electron chi connectivity index (χ0n) is 15.3. The van der Waals surface area contributed by atoms with Gasteiger partial charge in [0.05, 0.1) is 5.75 Å². The third-order valence-electron chi connectivity index (χ3n) is 4.79. The number of carbonyl (C=O) groups is 1. The van der Waals surface area contributed by atoms with Gasteiger partial charge in [-0.25, -0.2) is 17.9 Å². The summed E-state index contributed by atoms with van der Waals surface area (Å²) in [5.74, 6) is 0.575. The predicted molar refractivity (Wildman–Crippen MR) is 96.4 cm³/mol. The van der Waals surface area contributed by atoms with E-state index in [1.165, 1.54) is 6.42 Å². The fourth-order valence-electron chi connectivity index (χ4n) is 3.57. The normalized spacial score (nSPS) is 21.7. The van der Waals surface area contributed by atoms with Crippen molar-refractivity contribution < 1.29 is 13.2 Å². The Hall–Kier alpha value is -0.820. The Morgan fingerprint density at radius 2 is 1.62 bits per heavy atom. The van der Waals surface area contributed by atoms with Crippen LogP contribution in [0.1, 0.15) is 65.7 Å². The Morgan fingerprint density at radius 3 is 2.17 bits per heavy atom. The average molecular weight is 360 g/mol. The van der Waals surface area contributed by atoms with Crippen molar-refractivity contribution in [3.8, 4) is 0 Å².